The van der Waals surface area contributed by atoms with Gasteiger partial charge in [0.05, 0.1) is 0 Å². The fraction of sp³-hybridized carbons (Fsp3) is 0.636. The minimum atomic E-state index is 0.190. The highest BCUT2D eigenvalue weighted by molar-refractivity contribution is 5.56. The van der Waals surface area contributed by atoms with Crippen molar-refractivity contribution in [3.05, 3.63) is 11.4 Å². The lowest BCUT2D eigenvalue weighted by Crippen LogP contribution is -2.27. The molecule has 0 saturated carbocycles. The smallest absolute Gasteiger partial charge is 0.137 e. The molecule has 1 rings (SSSR count). The van der Waals surface area contributed by atoms with Crippen molar-refractivity contribution in [2.24, 2.45) is 0 Å². The highest BCUT2D eigenvalue weighted by Crippen LogP contribution is 2.21. The Bertz CT molecular complexity index is 354. The maximum absolute atomic E-state index is 8.85. The Hall–Kier alpha value is -1.36. The van der Waals surface area contributed by atoms with E-state index in [-0.39, 0.29) is 6.61 Å². The van der Waals surface area contributed by atoms with Crippen LogP contribution in [0.5, 0.6) is 0 Å². The summed E-state index contributed by atoms with van der Waals surface area (Å²) in [6.45, 7) is 7.63. The number of aliphatic hydroxyl groups is 1. The molecule has 0 unspecified atom stereocenters. The van der Waals surface area contributed by atoms with E-state index in [9.17, 15) is 0 Å². The Morgan fingerprint density at radius 1 is 1.31 bits per heavy atom. The van der Waals surface area contributed by atoms with Crippen molar-refractivity contribution < 1.29 is 5.11 Å². The summed E-state index contributed by atoms with van der Waals surface area (Å²) in [7, 11) is 0. The van der Waals surface area contributed by atoms with Gasteiger partial charge in [-0.1, -0.05) is 0 Å². The second-order valence-corrected chi connectivity index (χ2v) is 3.76. The molecule has 0 amide bonds. The van der Waals surface area contributed by atoms with E-state index in [1.54, 1.807) is 0 Å². The van der Waals surface area contributed by atoms with Gasteiger partial charge in [0, 0.05) is 25.3 Å². The van der Waals surface area contributed by atoms with E-state index in [2.05, 4.69) is 21.8 Å². The van der Waals surface area contributed by atoms with E-state index in [0.29, 0.717) is 11.6 Å². The van der Waals surface area contributed by atoms with Crippen molar-refractivity contribution in [2.45, 2.75) is 27.2 Å². The van der Waals surface area contributed by atoms with Crippen molar-refractivity contribution in [1.29, 1.82) is 0 Å². The average molecular weight is 224 g/mol. The second kappa shape index (κ2) is 5.65. The molecule has 3 N–H and O–H groups in total. The van der Waals surface area contributed by atoms with Gasteiger partial charge in [-0.05, 0) is 27.2 Å². The first kappa shape index (κ1) is 12.7. The number of rotatable bonds is 5. The number of aliphatic hydroxyl groups excluding tert-OH is 1. The third-order valence-corrected chi connectivity index (χ3v) is 2.54. The van der Waals surface area contributed by atoms with Crippen molar-refractivity contribution in [3.63, 3.8) is 0 Å². The molecule has 0 aliphatic carbocycles. The van der Waals surface area contributed by atoms with E-state index in [0.717, 1.165) is 30.9 Å². The van der Waals surface area contributed by atoms with Crippen LogP contribution in [-0.4, -0.2) is 34.8 Å². The molecule has 0 aliphatic heterocycles. The van der Waals surface area contributed by atoms with Gasteiger partial charge in [-0.2, -0.15) is 0 Å². The van der Waals surface area contributed by atoms with Crippen molar-refractivity contribution in [1.82, 2.24) is 9.97 Å². The first-order valence-electron chi connectivity index (χ1n) is 5.56. The number of anilines is 2. The molecule has 5 nitrogen and oxygen atoms in total. The van der Waals surface area contributed by atoms with Gasteiger partial charge >= 0.3 is 0 Å². The lowest BCUT2D eigenvalue weighted by atomic mass is 10.2. The molecular weight excluding hydrogens is 204 g/mol. The normalized spacial score (nSPS) is 10.5. The summed E-state index contributed by atoms with van der Waals surface area (Å²) in [6.07, 6.45) is 0.732. The number of hydrogen-bond donors (Lipinski definition) is 2. The van der Waals surface area contributed by atoms with Gasteiger partial charge in [-0.25, -0.2) is 9.97 Å². The van der Waals surface area contributed by atoms with Crippen LogP contribution in [0.3, 0.4) is 0 Å². The van der Waals surface area contributed by atoms with Gasteiger partial charge in [0.1, 0.15) is 17.5 Å². The predicted molar refractivity (Wildman–Crippen MR) is 65.5 cm³/mol. The number of aryl methyl sites for hydroxylation is 1. The average Bonchev–Trinajstić information content (AvgIpc) is 2.25. The first-order chi connectivity index (χ1) is 7.60. The van der Waals surface area contributed by atoms with E-state index >= 15 is 0 Å². The van der Waals surface area contributed by atoms with Gasteiger partial charge in [-0.3, -0.25) is 0 Å². The Morgan fingerprint density at radius 3 is 2.56 bits per heavy atom. The molecular formula is C11H20N4O. The lowest BCUT2D eigenvalue weighted by molar-refractivity contribution is 0.289. The monoisotopic (exact) mass is 224 g/mol. The Morgan fingerprint density at radius 2 is 2.00 bits per heavy atom. The molecule has 0 saturated heterocycles. The molecule has 5 heteroatoms. The molecule has 1 aromatic heterocycles. The SMILES string of the molecule is CCN(CCCO)c1nc(C)nc(N)c1C. The minimum absolute atomic E-state index is 0.190. The summed E-state index contributed by atoms with van der Waals surface area (Å²) < 4.78 is 0. The predicted octanol–water partition coefficient (Wildman–Crippen LogP) is 0.884. The highest BCUT2D eigenvalue weighted by Gasteiger charge is 2.12. The van der Waals surface area contributed by atoms with Crippen LogP contribution in [0.1, 0.15) is 24.7 Å². The maximum Gasteiger partial charge on any atom is 0.137 e. The Labute approximate surface area is 96.3 Å². The van der Waals surface area contributed by atoms with E-state index in [4.69, 9.17) is 10.8 Å². The van der Waals surface area contributed by atoms with Crippen LogP contribution in [0, 0.1) is 13.8 Å². The van der Waals surface area contributed by atoms with Crippen LogP contribution in [0.2, 0.25) is 0 Å². The number of hydrogen-bond acceptors (Lipinski definition) is 5. The zero-order chi connectivity index (χ0) is 12.1. The molecule has 0 radical (unpaired) electrons. The largest absolute Gasteiger partial charge is 0.396 e. The zero-order valence-electron chi connectivity index (χ0n) is 10.2. The molecule has 0 aromatic carbocycles. The summed E-state index contributed by atoms with van der Waals surface area (Å²) in [6, 6.07) is 0. The lowest BCUT2D eigenvalue weighted by Gasteiger charge is -2.24. The molecule has 90 valence electrons. The molecule has 0 bridgehead atoms. The Balaban J connectivity index is 2.99. The number of nitrogens with two attached hydrogens (primary N) is 1. The third-order valence-electron chi connectivity index (χ3n) is 2.54. The molecule has 0 aliphatic rings. The maximum atomic E-state index is 8.85. The molecule has 16 heavy (non-hydrogen) atoms. The second-order valence-electron chi connectivity index (χ2n) is 3.76. The number of nitrogen functional groups attached to an aromatic ring is 1. The topological polar surface area (TPSA) is 75.3 Å². The summed E-state index contributed by atoms with van der Waals surface area (Å²) in [5.74, 6) is 2.09. The number of nitrogens with zero attached hydrogens (tertiary/aromatic N) is 3. The molecule has 1 aromatic rings. The van der Waals surface area contributed by atoms with Crippen molar-refractivity contribution in [3.8, 4) is 0 Å². The fourth-order valence-corrected chi connectivity index (χ4v) is 1.62. The van der Waals surface area contributed by atoms with Gasteiger partial charge in [0.2, 0.25) is 0 Å². The van der Waals surface area contributed by atoms with Gasteiger partial charge in [0.15, 0.2) is 0 Å². The van der Waals surface area contributed by atoms with E-state index < -0.39 is 0 Å². The quantitative estimate of drug-likeness (QED) is 0.776. The minimum Gasteiger partial charge on any atom is -0.396 e. The number of aromatic nitrogens is 2. The van der Waals surface area contributed by atoms with E-state index in [1.807, 2.05) is 13.8 Å². The molecule has 0 fully saturated rings. The highest BCUT2D eigenvalue weighted by atomic mass is 16.3. The standard InChI is InChI=1S/C11H20N4O/c1-4-15(6-5-7-16)11-8(2)10(12)13-9(3)14-11/h16H,4-7H2,1-3H3,(H2,12,13,14). The molecule has 0 spiro atoms. The first-order valence-corrected chi connectivity index (χ1v) is 5.56. The van der Waals surface area contributed by atoms with Crippen LogP contribution in [0.4, 0.5) is 11.6 Å². The van der Waals surface area contributed by atoms with Crippen molar-refractivity contribution >= 4 is 11.6 Å². The Kier molecular flexibility index (Phi) is 4.49. The van der Waals surface area contributed by atoms with Crippen LogP contribution in [0.25, 0.3) is 0 Å². The van der Waals surface area contributed by atoms with Gasteiger partial charge in [-0.15, -0.1) is 0 Å². The third kappa shape index (κ3) is 2.82. The van der Waals surface area contributed by atoms with Crippen LogP contribution in [-0.2, 0) is 0 Å². The summed E-state index contributed by atoms with van der Waals surface area (Å²) in [5.41, 5.74) is 6.72. The zero-order valence-corrected chi connectivity index (χ0v) is 10.2. The summed E-state index contributed by atoms with van der Waals surface area (Å²) >= 11 is 0. The molecule has 1 heterocycles. The summed E-state index contributed by atoms with van der Waals surface area (Å²) in [4.78, 5) is 10.6. The van der Waals surface area contributed by atoms with Crippen LogP contribution >= 0.6 is 0 Å². The van der Waals surface area contributed by atoms with Crippen LogP contribution in [0.15, 0.2) is 0 Å². The van der Waals surface area contributed by atoms with Gasteiger partial charge < -0.3 is 15.7 Å². The molecule has 0 atom stereocenters. The fourth-order valence-electron chi connectivity index (χ4n) is 1.62. The summed E-state index contributed by atoms with van der Waals surface area (Å²) in [5, 5.41) is 8.85. The van der Waals surface area contributed by atoms with Gasteiger partial charge in [0.25, 0.3) is 0 Å². The van der Waals surface area contributed by atoms with Crippen molar-refractivity contribution in [2.75, 3.05) is 30.3 Å². The van der Waals surface area contributed by atoms with Crippen LogP contribution < -0.4 is 10.6 Å². The van der Waals surface area contributed by atoms with E-state index in [1.165, 1.54) is 0 Å².